The molecule has 37 heavy (non-hydrogen) atoms. The predicted octanol–water partition coefficient (Wildman–Crippen LogP) is 2.07. The normalized spacial score (nSPS) is 13.2. The van der Waals surface area contributed by atoms with Gasteiger partial charge in [-0.3, -0.25) is 9.36 Å². The molecule has 0 amide bonds. The van der Waals surface area contributed by atoms with Crippen LogP contribution in [0, 0.1) is 5.82 Å². The van der Waals surface area contributed by atoms with Gasteiger partial charge in [0.1, 0.15) is 23.0 Å². The molecule has 0 aromatic carbocycles. The molecule has 4 heterocycles. The number of pyridine rings is 2. The lowest BCUT2D eigenvalue weighted by molar-refractivity contribution is 0.398. The van der Waals surface area contributed by atoms with Gasteiger partial charge in [-0.2, -0.15) is 0 Å². The molecule has 0 aliphatic rings. The molecule has 1 N–H and O–H groups in total. The summed E-state index contributed by atoms with van der Waals surface area (Å²) in [5.41, 5.74) is -0.271. The highest BCUT2D eigenvalue weighted by molar-refractivity contribution is 7.91. The Morgan fingerprint density at radius 3 is 2.49 bits per heavy atom. The number of halogens is 1. The number of hydrogen-bond donors (Lipinski definition) is 1. The number of H-pyrrole nitrogens is 1. The number of sulfone groups is 1. The molecule has 0 saturated heterocycles. The smallest absolute Gasteiger partial charge is 0.276 e. The van der Waals surface area contributed by atoms with Crippen LogP contribution in [0.15, 0.2) is 47.7 Å². The van der Waals surface area contributed by atoms with E-state index in [1.54, 1.807) is 25.1 Å². The van der Waals surface area contributed by atoms with Gasteiger partial charge < -0.3 is 14.5 Å². The molecule has 4 aromatic rings. The summed E-state index contributed by atoms with van der Waals surface area (Å²) in [6.07, 6.45) is 3.37. The first-order chi connectivity index (χ1) is 17.7. The summed E-state index contributed by atoms with van der Waals surface area (Å²) in [5, 5.41) is 7.31. The third-order valence-electron chi connectivity index (χ3n) is 5.88. The van der Waals surface area contributed by atoms with Crippen molar-refractivity contribution < 1.29 is 22.3 Å². The molecule has 0 aliphatic carbocycles. The number of aromatic nitrogens is 7. The Bertz CT molecular complexity index is 1570. The lowest BCUT2D eigenvalue weighted by Crippen LogP contribution is -2.28. The Labute approximate surface area is 211 Å². The molecule has 0 radical (unpaired) electrons. The minimum absolute atomic E-state index is 0.0117. The molecule has 0 aliphatic heterocycles. The molecular formula is C23H24FN7O5S. The highest BCUT2D eigenvalue weighted by Gasteiger charge is 2.33. The Morgan fingerprint density at radius 1 is 1.08 bits per heavy atom. The van der Waals surface area contributed by atoms with Crippen LogP contribution in [-0.4, -0.2) is 62.6 Å². The summed E-state index contributed by atoms with van der Waals surface area (Å²) in [6, 6.07) is 6.46. The van der Waals surface area contributed by atoms with Gasteiger partial charge in [-0.1, -0.05) is 13.0 Å². The van der Waals surface area contributed by atoms with E-state index in [4.69, 9.17) is 9.47 Å². The molecular weight excluding hydrogens is 505 g/mol. The van der Waals surface area contributed by atoms with Gasteiger partial charge in [0.25, 0.3) is 5.56 Å². The van der Waals surface area contributed by atoms with E-state index in [9.17, 15) is 17.6 Å². The van der Waals surface area contributed by atoms with Gasteiger partial charge in [-0.05, 0) is 19.1 Å². The number of nitrogens with one attached hydrogen (secondary N) is 1. The Morgan fingerprint density at radius 2 is 1.81 bits per heavy atom. The second-order valence-electron chi connectivity index (χ2n) is 8.12. The van der Waals surface area contributed by atoms with Crippen molar-refractivity contribution in [1.82, 2.24) is 34.7 Å². The summed E-state index contributed by atoms with van der Waals surface area (Å²) in [7, 11) is -1.08. The molecule has 2 atom stereocenters. The van der Waals surface area contributed by atoms with Gasteiger partial charge in [-0.25, -0.2) is 27.8 Å². The van der Waals surface area contributed by atoms with Crippen molar-refractivity contribution in [3.63, 3.8) is 0 Å². The summed E-state index contributed by atoms with van der Waals surface area (Å²) in [4.78, 5) is 27.7. The molecule has 12 nitrogen and oxygen atoms in total. The van der Waals surface area contributed by atoms with E-state index < -0.39 is 38.1 Å². The SMILES string of the molecule is COc1cccc(-c2nnc(CS(=O)(=O)[C@@H](C)[C@H](C)c3ncc(F)cn3)n2-c2c(OC)cc[nH]c2=O)n1. The number of rotatable bonds is 9. The Kier molecular flexibility index (Phi) is 7.29. The van der Waals surface area contributed by atoms with Gasteiger partial charge in [-0.15, -0.1) is 10.2 Å². The van der Waals surface area contributed by atoms with E-state index in [-0.39, 0.29) is 34.8 Å². The van der Waals surface area contributed by atoms with Crippen molar-refractivity contribution >= 4 is 9.84 Å². The topological polar surface area (TPSA) is 155 Å². The fourth-order valence-electron chi connectivity index (χ4n) is 3.68. The van der Waals surface area contributed by atoms with Gasteiger partial charge in [0.05, 0.1) is 31.9 Å². The first kappa shape index (κ1) is 25.9. The molecule has 14 heteroatoms. The maximum absolute atomic E-state index is 13.5. The lowest BCUT2D eigenvalue weighted by Gasteiger charge is -2.19. The van der Waals surface area contributed by atoms with Crippen LogP contribution in [0.3, 0.4) is 0 Å². The Hall–Kier alpha value is -4.20. The monoisotopic (exact) mass is 529 g/mol. The molecule has 0 unspecified atom stereocenters. The Balaban J connectivity index is 1.82. The van der Waals surface area contributed by atoms with Crippen LogP contribution in [0.25, 0.3) is 17.2 Å². The third-order valence-corrected chi connectivity index (χ3v) is 8.08. The molecule has 0 fully saturated rings. The second-order valence-corrected chi connectivity index (χ2v) is 10.5. The van der Waals surface area contributed by atoms with Crippen molar-refractivity contribution in [3.05, 3.63) is 70.7 Å². The average molecular weight is 530 g/mol. The fraction of sp³-hybridized carbons (Fsp3) is 0.304. The van der Waals surface area contributed by atoms with Crippen molar-refractivity contribution in [1.29, 1.82) is 0 Å². The van der Waals surface area contributed by atoms with E-state index >= 15 is 0 Å². The minimum Gasteiger partial charge on any atom is -0.494 e. The molecule has 0 saturated carbocycles. The summed E-state index contributed by atoms with van der Waals surface area (Å²) in [5.74, 6) is -1.13. The number of aromatic amines is 1. The van der Waals surface area contributed by atoms with Crippen molar-refractivity contribution in [3.8, 4) is 28.8 Å². The third kappa shape index (κ3) is 5.18. The van der Waals surface area contributed by atoms with E-state index in [0.717, 1.165) is 12.4 Å². The van der Waals surface area contributed by atoms with Crippen LogP contribution in [-0.2, 0) is 15.6 Å². The molecule has 0 bridgehead atoms. The summed E-state index contributed by atoms with van der Waals surface area (Å²) in [6.45, 7) is 3.14. The first-order valence-corrected chi connectivity index (χ1v) is 12.8. The fourth-order valence-corrected chi connectivity index (χ4v) is 5.24. The first-order valence-electron chi connectivity index (χ1n) is 11.1. The highest BCUT2D eigenvalue weighted by atomic mass is 32.2. The van der Waals surface area contributed by atoms with Crippen molar-refractivity contribution in [2.24, 2.45) is 0 Å². The molecule has 4 rings (SSSR count). The highest BCUT2D eigenvalue weighted by Crippen LogP contribution is 2.29. The lowest BCUT2D eigenvalue weighted by atomic mass is 10.1. The van der Waals surface area contributed by atoms with Crippen LogP contribution in [0.1, 0.15) is 31.4 Å². The maximum Gasteiger partial charge on any atom is 0.276 e. The van der Waals surface area contributed by atoms with Crippen LogP contribution >= 0.6 is 0 Å². The number of hydrogen-bond acceptors (Lipinski definition) is 10. The standard InChI is InChI=1S/C23H24FN7O5S/c1-13(21-26-10-15(24)11-27-21)14(2)37(33,34)12-18-29-30-22(16-6-5-7-19(28-16)36-4)31(18)20-17(35-3)8-9-25-23(20)32/h5-11,13-14H,12H2,1-4H3,(H,25,32)/t13-,14-/m0/s1. The summed E-state index contributed by atoms with van der Waals surface area (Å²) >= 11 is 0. The second kappa shape index (κ2) is 10.4. The number of methoxy groups -OCH3 is 2. The zero-order valence-electron chi connectivity index (χ0n) is 20.4. The van der Waals surface area contributed by atoms with Crippen molar-refractivity contribution in [2.75, 3.05) is 14.2 Å². The van der Waals surface area contributed by atoms with Crippen molar-refractivity contribution in [2.45, 2.75) is 30.8 Å². The number of nitrogens with zero attached hydrogens (tertiary/aromatic N) is 6. The van der Waals surface area contributed by atoms with Gasteiger partial charge >= 0.3 is 0 Å². The molecule has 194 valence electrons. The van der Waals surface area contributed by atoms with E-state index in [1.807, 2.05) is 0 Å². The average Bonchev–Trinajstić information content (AvgIpc) is 3.30. The zero-order valence-corrected chi connectivity index (χ0v) is 21.2. The quantitative estimate of drug-likeness (QED) is 0.341. The zero-order chi connectivity index (χ0) is 26.7. The molecule has 4 aromatic heterocycles. The predicted molar refractivity (Wildman–Crippen MR) is 131 cm³/mol. The van der Waals surface area contributed by atoms with Gasteiger partial charge in [0.2, 0.25) is 5.88 Å². The van der Waals surface area contributed by atoms with E-state index in [2.05, 4.69) is 30.1 Å². The number of ether oxygens (including phenoxy) is 2. The van der Waals surface area contributed by atoms with Crippen LogP contribution in [0.2, 0.25) is 0 Å². The summed E-state index contributed by atoms with van der Waals surface area (Å²) < 4.78 is 52.1. The van der Waals surface area contributed by atoms with Crippen LogP contribution in [0.5, 0.6) is 11.6 Å². The molecule has 0 spiro atoms. The van der Waals surface area contributed by atoms with E-state index in [1.165, 1.54) is 38.0 Å². The maximum atomic E-state index is 13.5. The van der Waals surface area contributed by atoms with Crippen LogP contribution < -0.4 is 15.0 Å². The minimum atomic E-state index is -3.91. The van der Waals surface area contributed by atoms with Gasteiger partial charge in [0.15, 0.2) is 33.0 Å². The largest absolute Gasteiger partial charge is 0.494 e. The van der Waals surface area contributed by atoms with Crippen LogP contribution in [0.4, 0.5) is 4.39 Å². The van der Waals surface area contributed by atoms with Gasteiger partial charge in [0, 0.05) is 18.2 Å². The van der Waals surface area contributed by atoms with E-state index in [0.29, 0.717) is 5.69 Å².